The van der Waals surface area contributed by atoms with Crippen LogP contribution in [-0.2, 0) is 22.5 Å². The van der Waals surface area contributed by atoms with Crippen molar-refractivity contribution in [1.29, 1.82) is 0 Å². The molecule has 0 radical (unpaired) electrons. The highest BCUT2D eigenvalue weighted by molar-refractivity contribution is 5.93. The van der Waals surface area contributed by atoms with Gasteiger partial charge in [0.25, 0.3) is 0 Å². The zero-order valence-electron chi connectivity index (χ0n) is 24.2. The topological polar surface area (TPSA) is 118 Å². The van der Waals surface area contributed by atoms with E-state index in [1.54, 1.807) is 69.9 Å². The number of nitrogens with one attached hydrogen (secondary N) is 1. The SMILES string of the molecule is Cc1c(NC(=O)OC(C)(C)C)ccc2nc(N(C)[C@@H](Cc3ccccc3)C(=O)N(C)Cc3ccccn3)oc(=O)c12. The highest BCUT2D eigenvalue weighted by Gasteiger charge is 2.30. The third-order valence-electron chi connectivity index (χ3n) is 6.51. The van der Waals surface area contributed by atoms with Gasteiger partial charge in [-0.1, -0.05) is 36.4 Å². The highest BCUT2D eigenvalue weighted by Crippen LogP contribution is 2.26. The minimum Gasteiger partial charge on any atom is -0.444 e. The van der Waals surface area contributed by atoms with Gasteiger partial charge in [0.15, 0.2) is 0 Å². The number of hydrogen-bond donors (Lipinski definition) is 1. The van der Waals surface area contributed by atoms with Crippen LogP contribution in [0.3, 0.4) is 0 Å². The number of amides is 2. The van der Waals surface area contributed by atoms with Gasteiger partial charge in [-0.25, -0.2) is 9.59 Å². The second kappa shape index (κ2) is 12.2. The molecule has 4 aromatic rings. The Bertz CT molecular complexity index is 1580. The molecule has 0 aliphatic rings. The molecular weight excluding hydrogens is 522 g/mol. The van der Waals surface area contributed by atoms with E-state index in [4.69, 9.17) is 9.15 Å². The van der Waals surface area contributed by atoms with Crippen molar-refractivity contribution >= 4 is 34.6 Å². The van der Waals surface area contributed by atoms with Crippen LogP contribution in [0.4, 0.5) is 16.5 Å². The lowest BCUT2D eigenvalue weighted by Crippen LogP contribution is -2.47. The van der Waals surface area contributed by atoms with Crippen LogP contribution in [0.5, 0.6) is 0 Å². The van der Waals surface area contributed by atoms with Gasteiger partial charge in [0.05, 0.1) is 23.1 Å². The second-order valence-corrected chi connectivity index (χ2v) is 10.9. The van der Waals surface area contributed by atoms with Crippen molar-refractivity contribution in [3.05, 3.63) is 94.1 Å². The molecular formula is C31H35N5O5. The molecule has 0 bridgehead atoms. The summed E-state index contributed by atoms with van der Waals surface area (Å²) in [6.45, 7) is 7.32. The molecule has 1 N–H and O–H groups in total. The van der Waals surface area contributed by atoms with E-state index in [1.807, 2.05) is 48.5 Å². The first-order valence-electron chi connectivity index (χ1n) is 13.3. The Balaban J connectivity index is 1.66. The third-order valence-corrected chi connectivity index (χ3v) is 6.51. The van der Waals surface area contributed by atoms with Gasteiger partial charge in [0.1, 0.15) is 11.6 Å². The summed E-state index contributed by atoms with van der Waals surface area (Å²) in [6.07, 6.45) is 1.42. The van der Waals surface area contributed by atoms with Crippen LogP contribution in [0.1, 0.15) is 37.6 Å². The second-order valence-electron chi connectivity index (χ2n) is 10.9. The summed E-state index contributed by atoms with van der Waals surface area (Å²) < 4.78 is 11.0. The highest BCUT2D eigenvalue weighted by atomic mass is 16.6. The van der Waals surface area contributed by atoms with Gasteiger partial charge >= 0.3 is 17.7 Å². The van der Waals surface area contributed by atoms with Crippen molar-refractivity contribution in [2.24, 2.45) is 0 Å². The number of aryl methyl sites for hydroxylation is 1. The lowest BCUT2D eigenvalue weighted by Gasteiger charge is -2.30. The van der Waals surface area contributed by atoms with Crippen LogP contribution in [0, 0.1) is 6.92 Å². The van der Waals surface area contributed by atoms with Crippen LogP contribution >= 0.6 is 0 Å². The van der Waals surface area contributed by atoms with Gasteiger partial charge in [-0.05, 0) is 63.1 Å². The first kappa shape index (κ1) is 29.3. The van der Waals surface area contributed by atoms with Crippen molar-refractivity contribution in [1.82, 2.24) is 14.9 Å². The van der Waals surface area contributed by atoms with E-state index >= 15 is 0 Å². The Morgan fingerprint density at radius 3 is 2.39 bits per heavy atom. The molecule has 0 saturated heterocycles. The molecule has 41 heavy (non-hydrogen) atoms. The minimum absolute atomic E-state index is 0.00951. The molecule has 0 spiro atoms. The first-order valence-corrected chi connectivity index (χ1v) is 13.3. The Kier molecular flexibility index (Phi) is 8.71. The largest absolute Gasteiger partial charge is 0.444 e. The summed E-state index contributed by atoms with van der Waals surface area (Å²) in [5.41, 5.74) is 1.69. The average Bonchev–Trinajstić information content (AvgIpc) is 2.92. The number of benzene rings is 2. The first-order chi connectivity index (χ1) is 19.4. The summed E-state index contributed by atoms with van der Waals surface area (Å²) in [5.74, 6) is -0.181. The number of fused-ring (bicyclic) bond motifs is 1. The van der Waals surface area contributed by atoms with E-state index < -0.39 is 23.4 Å². The fourth-order valence-electron chi connectivity index (χ4n) is 4.44. The number of aromatic nitrogens is 2. The van der Waals surface area contributed by atoms with Gasteiger partial charge in [0, 0.05) is 32.4 Å². The van der Waals surface area contributed by atoms with E-state index in [0.717, 1.165) is 11.3 Å². The maximum atomic E-state index is 13.8. The number of pyridine rings is 1. The molecule has 2 amide bonds. The third kappa shape index (κ3) is 7.27. The number of anilines is 2. The normalized spacial score (nSPS) is 12.0. The standard InChI is InChI=1S/C31H35N5O5/c1-20-23(34-30(39)41-31(2,3)4)15-16-24-26(20)28(38)40-29(33-24)36(6)25(18-21-12-8-7-9-13-21)27(37)35(5)19-22-14-10-11-17-32-22/h7-17,25H,18-19H2,1-6H3,(H,34,39)/t25-/m0/s1. The summed E-state index contributed by atoms with van der Waals surface area (Å²) in [4.78, 5) is 51.4. The van der Waals surface area contributed by atoms with Crippen molar-refractivity contribution in [2.75, 3.05) is 24.3 Å². The van der Waals surface area contributed by atoms with Gasteiger partial charge in [-0.3, -0.25) is 15.1 Å². The number of rotatable bonds is 8. The summed E-state index contributed by atoms with van der Waals surface area (Å²) in [5, 5.41) is 2.91. The van der Waals surface area contributed by atoms with Gasteiger partial charge in [-0.2, -0.15) is 4.98 Å². The molecule has 10 nitrogen and oxygen atoms in total. The number of likely N-dealkylation sites (N-methyl/N-ethyl adjacent to an activating group) is 2. The van der Waals surface area contributed by atoms with Crippen LogP contribution < -0.4 is 15.8 Å². The van der Waals surface area contributed by atoms with E-state index in [-0.39, 0.29) is 17.3 Å². The summed E-state index contributed by atoms with van der Waals surface area (Å²) in [6, 6.07) is 17.8. The molecule has 2 aromatic carbocycles. The van der Waals surface area contributed by atoms with Crippen molar-refractivity contribution < 1.29 is 18.7 Å². The summed E-state index contributed by atoms with van der Waals surface area (Å²) in [7, 11) is 3.40. The van der Waals surface area contributed by atoms with Crippen molar-refractivity contribution in [3.63, 3.8) is 0 Å². The quantitative estimate of drug-likeness (QED) is 0.324. The van der Waals surface area contributed by atoms with Gasteiger partial charge < -0.3 is 19.0 Å². The molecule has 0 saturated carbocycles. The molecule has 10 heteroatoms. The van der Waals surface area contributed by atoms with E-state index in [2.05, 4.69) is 15.3 Å². The lowest BCUT2D eigenvalue weighted by molar-refractivity contribution is -0.131. The minimum atomic E-state index is -0.714. The Labute approximate surface area is 239 Å². The van der Waals surface area contributed by atoms with Gasteiger partial charge in [-0.15, -0.1) is 0 Å². The van der Waals surface area contributed by atoms with Crippen LogP contribution in [0.2, 0.25) is 0 Å². The average molecular weight is 558 g/mol. The molecule has 0 aliphatic carbocycles. The molecule has 0 unspecified atom stereocenters. The molecule has 4 rings (SSSR count). The molecule has 0 aliphatic heterocycles. The molecule has 2 heterocycles. The predicted octanol–water partition coefficient (Wildman–Crippen LogP) is 4.94. The predicted molar refractivity (Wildman–Crippen MR) is 158 cm³/mol. The zero-order valence-corrected chi connectivity index (χ0v) is 24.2. The number of hydrogen-bond acceptors (Lipinski definition) is 8. The number of carbonyl (C=O) groups excluding carboxylic acids is 2. The molecule has 214 valence electrons. The van der Waals surface area contributed by atoms with Crippen LogP contribution in [0.15, 0.2) is 76.1 Å². The van der Waals surface area contributed by atoms with Crippen LogP contribution in [0.25, 0.3) is 10.9 Å². The summed E-state index contributed by atoms with van der Waals surface area (Å²) >= 11 is 0. The van der Waals surface area contributed by atoms with E-state index in [0.29, 0.717) is 29.7 Å². The van der Waals surface area contributed by atoms with Gasteiger partial charge in [0.2, 0.25) is 5.91 Å². The number of nitrogens with zero attached hydrogens (tertiary/aromatic N) is 4. The smallest absolute Gasteiger partial charge is 0.412 e. The zero-order chi connectivity index (χ0) is 29.7. The molecule has 2 aromatic heterocycles. The Morgan fingerprint density at radius 1 is 1.02 bits per heavy atom. The molecule has 0 fully saturated rings. The fourth-order valence-corrected chi connectivity index (χ4v) is 4.44. The molecule has 1 atom stereocenters. The maximum absolute atomic E-state index is 13.8. The number of ether oxygens (including phenoxy) is 1. The van der Waals surface area contributed by atoms with Crippen molar-refractivity contribution in [3.8, 4) is 0 Å². The monoisotopic (exact) mass is 557 g/mol. The van der Waals surface area contributed by atoms with Crippen molar-refractivity contribution in [2.45, 2.75) is 52.3 Å². The van der Waals surface area contributed by atoms with E-state index in [9.17, 15) is 14.4 Å². The lowest BCUT2D eigenvalue weighted by atomic mass is 10.0. The van der Waals surface area contributed by atoms with Crippen LogP contribution in [-0.4, -0.2) is 52.6 Å². The maximum Gasteiger partial charge on any atom is 0.412 e. The fraction of sp³-hybridized carbons (Fsp3) is 0.323. The Hall–Kier alpha value is -4.73. The van der Waals surface area contributed by atoms with E-state index in [1.165, 1.54) is 0 Å². The Morgan fingerprint density at radius 2 is 1.73 bits per heavy atom. The number of carbonyl (C=O) groups is 2.